The second-order valence-electron chi connectivity index (χ2n) is 4.70. The maximum atomic E-state index is 4.50. The molecule has 4 nitrogen and oxygen atoms in total. The Bertz CT molecular complexity index is 518. The van der Waals surface area contributed by atoms with Gasteiger partial charge in [0.2, 0.25) is 0 Å². The third kappa shape index (κ3) is 3.41. The van der Waals surface area contributed by atoms with E-state index in [1.807, 2.05) is 24.7 Å². The van der Waals surface area contributed by atoms with E-state index >= 15 is 0 Å². The van der Waals surface area contributed by atoms with Gasteiger partial charge in [0.25, 0.3) is 0 Å². The van der Waals surface area contributed by atoms with Gasteiger partial charge < -0.3 is 9.88 Å². The number of rotatable bonds is 6. The summed E-state index contributed by atoms with van der Waals surface area (Å²) in [5.74, 6) is 1.11. The van der Waals surface area contributed by atoms with Crippen molar-refractivity contribution in [1.29, 1.82) is 0 Å². The van der Waals surface area contributed by atoms with Gasteiger partial charge in [0.15, 0.2) is 0 Å². The normalized spacial score (nSPS) is 12.6. The van der Waals surface area contributed by atoms with Crippen LogP contribution < -0.4 is 5.32 Å². The summed E-state index contributed by atoms with van der Waals surface area (Å²) in [7, 11) is 0. The zero-order chi connectivity index (χ0) is 13.7. The number of aryl methyl sites for hydroxylation is 2. The number of nitrogens with zero attached hydrogens (tertiary/aromatic N) is 3. The van der Waals surface area contributed by atoms with Crippen LogP contribution in [0.2, 0.25) is 0 Å². The minimum Gasteiger partial charge on any atom is -0.335 e. The third-order valence-electron chi connectivity index (χ3n) is 3.27. The van der Waals surface area contributed by atoms with Gasteiger partial charge in [-0.25, -0.2) is 4.98 Å². The van der Waals surface area contributed by atoms with E-state index in [0.717, 1.165) is 31.0 Å². The Morgan fingerprint density at radius 1 is 1.26 bits per heavy atom. The summed E-state index contributed by atoms with van der Waals surface area (Å²) < 4.78 is 2.18. The van der Waals surface area contributed by atoms with E-state index < -0.39 is 0 Å². The lowest BCUT2D eigenvalue weighted by atomic mass is 10.1. The standard InChI is InChI=1S/C15H22N4/c1-4-16-14(13-10-12(3)6-7-17-13)11-15-18-8-9-19(15)5-2/h6-10,14,16H,4-5,11H2,1-3H3. The van der Waals surface area contributed by atoms with E-state index in [0.29, 0.717) is 0 Å². The van der Waals surface area contributed by atoms with Crippen LogP contribution >= 0.6 is 0 Å². The number of imidazole rings is 1. The van der Waals surface area contributed by atoms with E-state index in [1.165, 1.54) is 5.56 Å². The van der Waals surface area contributed by atoms with Gasteiger partial charge in [-0.1, -0.05) is 6.92 Å². The molecule has 2 aromatic heterocycles. The van der Waals surface area contributed by atoms with Crippen molar-refractivity contribution in [3.63, 3.8) is 0 Å². The van der Waals surface area contributed by atoms with Gasteiger partial charge in [0, 0.05) is 31.6 Å². The number of pyridine rings is 1. The fourth-order valence-electron chi connectivity index (χ4n) is 2.28. The highest BCUT2D eigenvalue weighted by Crippen LogP contribution is 2.16. The van der Waals surface area contributed by atoms with E-state index in [9.17, 15) is 0 Å². The molecule has 0 bridgehead atoms. The van der Waals surface area contributed by atoms with Crippen LogP contribution in [-0.2, 0) is 13.0 Å². The molecule has 0 saturated carbocycles. The van der Waals surface area contributed by atoms with Crippen molar-refractivity contribution in [2.24, 2.45) is 0 Å². The van der Waals surface area contributed by atoms with Crippen molar-refractivity contribution in [3.05, 3.63) is 47.8 Å². The van der Waals surface area contributed by atoms with Crippen LogP contribution in [0.3, 0.4) is 0 Å². The molecule has 0 amide bonds. The zero-order valence-electron chi connectivity index (χ0n) is 11.9. The van der Waals surface area contributed by atoms with Crippen molar-refractivity contribution in [2.45, 2.75) is 39.8 Å². The quantitative estimate of drug-likeness (QED) is 0.865. The van der Waals surface area contributed by atoms with E-state index in [1.54, 1.807) is 0 Å². The molecule has 2 rings (SSSR count). The first-order valence-corrected chi connectivity index (χ1v) is 6.90. The largest absolute Gasteiger partial charge is 0.335 e. The minimum atomic E-state index is 0.220. The molecular weight excluding hydrogens is 236 g/mol. The Kier molecular flexibility index (Phi) is 4.68. The second-order valence-corrected chi connectivity index (χ2v) is 4.70. The average Bonchev–Trinajstić information content (AvgIpc) is 2.85. The zero-order valence-corrected chi connectivity index (χ0v) is 11.9. The summed E-state index contributed by atoms with van der Waals surface area (Å²) in [6.07, 6.45) is 6.64. The molecule has 0 aromatic carbocycles. The molecule has 4 heteroatoms. The molecule has 1 atom stereocenters. The first-order valence-electron chi connectivity index (χ1n) is 6.90. The highest BCUT2D eigenvalue weighted by Gasteiger charge is 2.15. The molecule has 0 radical (unpaired) electrons. The molecule has 0 saturated heterocycles. The van der Waals surface area contributed by atoms with Crippen molar-refractivity contribution in [3.8, 4) is 0 Å². The lowest BCUT2D eigenvalue weighted by molar-refractivity contribution is 0.511. The number of aromatic nitrogens is 3. The Morgan fingerprint density at radius 2 is 2.11 bits per heavy atom. The summed E-state index contributed by atoms with van der Waals surface area (Å²) in [6, 6.07) is 4.39. The molecule has 0 spiro atoms. The monoisotopic (exact) mass is 258 g/mol. The molecule has 0 aliphatic heterocycles. The van der Waals surface area contributed by atoms with Crippen molar-refractivity contribution < 1.29 is 0 Å². The van der Waals surface area contributed by atoms with Crippen LogP contribution in [0, 0.1) is 6.92 Å². The van der Waals surface area contributed by atoms with Gasteiger partial charge in [-0.15, -0.1) is 0 Å². The summed E-state index contributed by atoms with van der Waals surface area (Å²) in [6.45, 7) is 8.23. The Morgan fingerprint density at radius 3 is 2.79 bits per heavy atom. The first-order chi connectivity index (χ1) is 9.24. The Labute approximate surface area is 114 Å². The van der Waals surface area contributed by atoms with Crippen molar-refractivity contribution >= 4 is 0 Å². The third-order valence-corrected chi connectivity index (χ3v) is 3.27. The molecule has 0 fully saturated rings. The summed E-state index contributed by atoms with van der Waals surface area (Å²) >= 11 is 0. The fourth-order valence-corrected chi connectivity index (χ4v) is 2.28. The van der Waals surface area contributed by atoms with E-state index in [2.05, 4.69) is 46.7 Å². The molecule has 1 N–H and O–H groups in total. The van der Waals surface area contributed by atoms with Gasteiger partial charge in [0.05, 0.1) is 11.7 Å². The van der Waals surface area contributed by atoms with Crippen LogP contribution in [0.4, 0.5) is 0 Å². The van der Waals surface area contributed by atoms with Gasteiger partial charge in [-0.05, 0) is 38.1 Å². The van der Waals surface area contributed by atoms with Gasteiger partial charge in [0.1, 0.15) is 5.82 Å². The number of hydrogen-bond donors (Lipinski definition) is 1. The molecule has 2 heterocycles. The smallest absolute Gasteiger partial charge is 0.110 e. The average molecular weight is 258 g/mol. The number of hydrogen-bond acceptors (Lipinski definition) is 3. The molecule has 0 aliphatic rings. The number of nitrogens with one attached hydrogen (secondary N) is 1. The van der Waals surface area contributed by atoms with Crippen LogP contribution in [0.1, 0.15) is 37.0 Å². The van der Waals surface area contributed by atoms with Crippen LogP contribution in [0.25, 0.3) is 0 Å². The van der Waals surface area contributed by atoms with Crippen LogP contribution in [0.15, 0.2) is 30.7 Å². The summed E-state index contributed by atoms with van der Waals surface area (Å²) in [5, 5.41) is 3.50. The lowest BCUT2D eigenvalue weighted by Crippen LogP contribution is -2.25. The SMILES string of the molecule is CCNC(Cc1nccn1CC)c1cc(C)ccn1. The molecule has 2 aromatic rings. The molecule has 19 heavy (non-hydrogen) atoms. The number of likely N-dealkylation sites (N-methyl/N-ethyl adjacent to an activating group) is 1. The Hall–Kier alpha value is -1.68. The van der Waals surface area contributed by atoms with E-state index in [-0.39, 0.29) is 6.04 Å². The van der Waals surface area contributed by atoms with Gasteiger partial charge in [-0.3, -0.25) is 4.98 Å². The van der Waals surface area contributed by atoms with Crippen molar-refractivity contribution in [1.82, 2.24) is 19.9 Å². The summed E-state index contributed by atoms with van der Waals surface area (Å²) in [4.78, 5) is 8.95. The lowest BCUT2D eigenvalue weighted by Gasteiger charge is -2.18. The topological polar surface area (TPSA) is 42.7 Å². The van der Waals surface area contributed by atoms with E-state index in [4.69, 9.17) is 0 Å². The molecule has 1 unspecified atom stereocenters. The Balaban J connectivity index is 2.21. The predicted molar refractivity (Wildman–Crippen MR) is 77.0 cm³/mol. The highest BCUT2D eigenvalue weighted by molar-refractivity contribution is 5.18. The van der Waals surface area contributed by atoms with Crippen LogP contribution in [0.5, 0.6) is 0 Å². The maximum absolute atomic E-state index is 4.50. The molecular formula is C15H22N4. The minimum absolute atomic E-state index is 0.220. The van der Waals surface area contributed by atoms with Crippen molar-refractivity contribution in [2.75, 3.05) is 6.54 Å². The molecule has 0 aliphatic carbocycles. The fraction of sp³-hybridized carbons (Fsp3) is 0.467. The van der Waals surface area contributed by atoms with Crippen LogP contribution in [-0.4, -0.2) is 21.1 Å². The predicted octanol–water partition coefficient (Wildman–Crippen LogP) is 2.50. The van der Waals surface area contributed by atoms with Gasteiger partial charge >= 0.3 is 0 Å². The van der Waals surface area contributed by atoms with Gasteiger partial charge in [-0.2, -0.15) is 0 Å². The second kappa shape index (κ2) is 6.48. The highest BCUT2D eigenvalue weighted by atomic mass is 15.1. The maximum Gasteiger partial charge on any atom is 0.110 e. The summed E-state index contributed by atoms with van der Waals surface area (Å²) in [5.41, 5.74) is 2.33. The first kappa shape index (κ1) is 13.7. The molecule has 102 valence electrons.